The van der Waals surface area contributed by atoms with Gasteiger partial charge in [0.2, 0.25) is 0 Å². The highest BCUT2D eigenvalue weighted by Gasteiger charge is 2.40. The summed E-state index contributed by atoms with van der Waals surface area (Å²) in [5.74, 6) is 10.3. The van der Waals surface area contributed by atoms with Crippen molar-refractivity contribution < 1.29 is 4.74 Å². The van der Waals surface area contributed by atoms with Crippen LogP contribution in [-0.2, 0) is 18.3 Å². The smallest absolute Gasteiger partial charge is 0.128 e. The normalized spacial score (nSPS) is 16.3. The summed E-state index contributed by atoms with van der Waals surface area (Å²) in [6.07, 6.45) is 8.18. The molecule has 0 atom stereocenters. The minimum absolute atomic E-state index is 0.0148. The minimum atomic E-state index is -0.200. The second-order valence-electron chi connectivity index (χ2n) is 8.62. The van der Waals surface area contributed by atoms with E-state index in [1.807, 2.05) is 0 Å². The maximum Gasteiger partial charge on any atom is 0.128 e. The zero-order chi connectivity index (χ0) is 19.7. The molecule has 3 rings (SSSR count). The van der Waals surface area contributed by atoms with Crippen LogP contribution >= 0.6 is 0 Å². The monoisotopic (exact) mass is 356 g/mol. The lowest BCUT2D eigenvalue weighted by atomic mass is 9.72. The largest absolute Gasteiger partial charge is 0.487 e. The number of terminal acetylenes is 1. The highest BCUT2D eigenvalue weighted by Crippen LogP contribution is 2.46. The van der Waals surface area contributed by atoms with E-state index in [1.165, 1.54) is 11.1 Å². The molecule has 0 aromatic heterocycles. The van der Waals surface area contributed by atoms with Gasteiger partial charge < -0.3 is 4.74 Å². The zero-order valence-electron chi connectivity index (χ0n) is 17.1. The second kappa shape index (κ2) is 7.17. The Morgan fingerprint density at radius 3 is 2.30 bits per heavy atom. The van der Waals surface area contributed by atoms with Gasteiger partial charge in [0, 0.05) is 28.7 Å². The van der Waals surface area contributed by atoms with E-state index in [9.17, 15) is 0 Å². The molecule has 0 fully saturated rings. The van der Waals surface area contributed by atoms with E-state index in [4.69, 9.17) is 11.2 Å². The molecule has 1 aliphatic rings. The van der Waals surface area contributed by atoms with Crippen LogP contribution in [0.5, 0.6) is 5.75 Å². The van der Waals surface area contributed by atoms with Crippen molar-refractivity contribution in [1.82, 2.24) is 0 Å². The predicted molar refractivity (Wildman–Crippen MR) is 113 cm³/mol. The number of hydrogen-bond acceptors (Lipinski definition) is 1. The molecule has 0 unspecified atom stereocenters. The Hall–Kier alpha value is -2.64. The fourth-order valence-corrected chi connectivity index (χ4v) is 4.07. The minimum Gasteiger partial charge on any atom is -0.487 e. The summed E-state index contributed by atoms with van der Waals surface area (Å²) in [5.41, 5.74) is 5.43. The molecule has 1 heteroatoms. The van der Waals surface area contributed by atoms with E-state index in [2.05, 4.69) is 88.8 Å². The van der Waals surface area contributed by atoms with Crippen molar-refractivity contribution in [1.29, 1.82) is 0 Å². The first kappa shape index (κ1) is 19.1. The van der Waals surface area contributed by atoms with Crippen LogP contribution in [0.15, 0.2) is 36.4 Å². The molecular weight excluding hydrogens is 328 g/mol. The first-order valence-electron chi connectivity index (χ1n) is 9.65. The van der Waals surface area contributed by atoms with Crippen molar-refractivity contribution in [2.45, 2.75) is 64.9 Å². The van der Waals surface area contributed by atoms with E-state index < -0.39 is 0 Å². The van der Waals surface area contributed by atoms with E-state index in [0.29, 0.717) is 6.42 Å². The maximum absolute atomic E-state index is 6.34. The van der Waals surface area contributed by atoms with Crippen molar-refractivity contribution in [3.8, 4) is 29.9 Å². The van der Waals surface area contributed by atoms with Gasteiger partial charge in [0.15, 0.2) is 0 Å². The Labute approximate surface area is 164 Å². The highest BCUT2D eigenvalue weighted by atomic mass is 16.5. The van der Waals surface area contributed by atoms with Gasteiger partial charge >= 0.3 is 0 Å². The molecule has 0 bridgehead atoms. The maximum atomic E-state index is 6.34. The van der Waals surface area contributed by atoms with Crippen LogP contribution in [0.25, 0.3) is 0 Å². The summed E-state index contributed by atoms with van der Waals surface area (Å²) in [4.78, 5) is 0. The van der Waals surface area contributed by atoms with Crippen molar-refractivity contribution in [3.05, 3.63) is 64.2 Å². The molecule has 27 heavy (non-hydrogen) atoms. The molecule has 0 N–H and O–H groups in total. The topological polar surface area (TPSA) is 9.23 Å². The first-order chi connectivity index (χ1) is 12.7. The van der Waals surface area contributed by atoms with Gasteiger partial charge in [-0.15, -0.1) is 12.3 Å². The molecule has 1 nitrogen and oxygen atoms in total. The Morgan fingerprint density at radius 1 is 1.00 bits per heavy atom. The highest BCUT2D eigenvalue weighted by molar-refractivity contribution is 5.56. The molecule has 138 valence electrons. The van der Waals surface area contributed by atoms with Crippen LogP contribution < -0.4 is 4.74 Å². The van der Waals surface area contributed by atoms with Gasteiger partial charge in [-0.3, -0.25) is 0 Å². The summed E-state index contributed by atoms with van der Waals surface area (Å²) in [6, 6.07) is 12.7. The van der Waals surface area contributed by atoms with Crippen LogP contribution in [0.4, 0.5) is 0 Å². The van der Waals surface area contributed by atoms with Crippen molar-refractivity contribution >= 4 is 0 Å². The third-order valence-electron chi connectivity index (χ3n) is 5.15. The Morgan fingerprint density at radius 2 is 1.67 bits per heavy atom. The van der Waals surface area contributed by atoms with Gasteiger partial charge in [0.05, 0.1) is 0 Å². The number of fused-ring (bicyclic) bond motifs is 1. The molecule has 0 aliphatic carbocycles. The average Bonchev–Trinajstić information content (AvgIpc) is 2.60. The van der Waals surface area contributed by atoms with Crippen LogP contribution in [0, 0.1) is 24.2 Å². The summed E-state index contributed by atoms with van der Waals surface area (Å²) in [7, 11) is 0. The number of hydrogen-bond donors (Lipinski definition) is 0. The fourth-order valence-electron chi connectivity index (χ4n) is 4.07. The van der Waals surface area contributed by atoms with Crippen LogP contribution in [0.3, 0.4) is 0 Å². The van der Waals surface area contributed by atoms with E-state index in [-0.39, 0.29) is 11.0 Å². The summed E-state index contributed by atoms with van der Waals surface area (Å²) < 4.78 is 6.34. The SMILES string of the molecule is C#CCc1cc(C#Cc2ccc(CC)cc2)cc2c1OC(C)(C)CC2(C)C. The lowest BCUT2D eigenvalue weighted by Gasteiger charge is -2.43. The van der Waals surface area contributed by atoms with Crippen molar-refractivity contribution in [3.63, 3.8) is 0 Å². The van der Waals surface area contributed by atoms with E-state index in [0.717, 1.165) is 35.3 Å². The van der Waals surface area contributed by atoms with Gasteiger partial charge in [0.1, 0.15) is 11.4 Å². The molecule has 0 radical (unpaired) electrons. The number of ether oxygens (including phenoxy) is 1. The van der Waals surface area contributed by atoms with E-state index >= 15 is 0 Å². The fraction of sp³-hybridized carbons (Fsp3) is 0.385. The molecule has 0 amide bonds. The molecule has 0 spiro atoms. The van der Waals surface area contributed by atoms with Crippen molar-refractivity contribution in [2.24, 2.45) is 0 Å². The Kier molecular flexibility index (Phi) is 5.08. The summed E-state index contributed by atoms with van der Waals surface area (Å²) in [6.45, 7) is 11.0. The van der Waals surface area contributed by atoms with Gasteiger partial charge in [-0.05, 0) is 61.9 Å². The van der Waals surface area contributed by atoms with E-state index in [1.54, 1.807) is 0 Å². The van der Waals surface area contributed by atoms with Crippen LogP contribution in [-0.4, -0.2) is 5.60 Å². The number of benzene rings is 2. The molecule has 0 saturated heterocycles. The zero-order valence-corrected chi connectivity index (χ0v) is 17.1. The van der Waals surface area contributed by atoms with Crippen LogP contribution in [0.1, 0.15) is 68.9 Å². The molecule has 0 saturated carbocycles. The predicted octanol–water partition coefficient (Wildman–Crippen LogP) is 5.66. The van der Waals surface area contributed by atoms with Crippen molar-refractivity contribution in [2.75, 3.05) is 0 Å². The quantitative estimate of drug-likeness (QED) is 0.631. The molecule has 1 heterocycles. The Balaban J connectivity index is 2.05. The van der Waals surface area contributed by atoms with Gasteiger partial charge in [-0.25, -0.2) is 0 Å². The van der Waals surface area contributed by atoms with Gasteiger partial charge in [0.25, 0.3) is 0 Å². The molecule has 2 aromatic carbocycles. The molecule has 2 aromatic rings. The number of rotatable bonds is 2. The lowest BCUT2D eigenvalue weighted by Crippen LogP contribution is -2.41. The molecule has 1 aliphatic heterocycles. The second-order valence-corrected chi connectivity index (χ2v) is 8.62. The van der Waals surface area contributed by atoms with Gasteiger partial charge in [-0.2, -0.15) is 0 Å². The summed E-state index contributed by atoms with van der Waals surface area (Å²) >= 11 is 0. The Bertz CT molecular complexity index is 941. The number of aryl methyl sites for hydroxylation is 1. The molecular formula is C26H28O. The first-order valence-corrected chi connectivity index (χ1v) is 9.65. The van der Waals surface area contributed by atoms with Gasteiger partial charge in [-0.1, -0.05) is 44.7 Å². The third kappa shape index (κ3) is 4.20. The summed E-state index contributed by atoms with van der Waals surface area (Å²) in [5, 5.41) is 0. The lowest BCUT2D eigenvalue weighted by molar-refractivity contribution is 0.0523. The van der Waals surface area contributed by atoms with Crippen LogP contribution in [0.2, 0.25) is 0 Å². The average molecular weight is 357 g/mol. The standard InChI is InChI=1S/C26H28O/c1-7-9-22-16-21(15-14-20-12-10-19(8-2)11-13-20)17-23-24(22)27-26(5,6)18-25(23,3)4/h1,10-13,16-17H,8-9,18H2,2-6H3. The third-order valence-corrected chi connectivity index (χ3v) is 5.15.